The number of aromatic nitrogens is 2. The summed E-state index contributed by atoms with van der Waals surface area (Å²) in [6.45, 7) is 0.330. The quantitative estimate of drug-likeness (QED) is 0.347. The van der Waals surface area contributed by atoms with Crippen molar-refractivity contribution in [3.05, 3.63) is 86.1 Å². The summed E-state index contributed by atoms with van der Waals surface area (Å²) in [7, 11) is 3.16. The van der Waals surface area contributed by atoms with Crippen LogP contribution in [0.5, 0.6) is 11.5 Å². The number of rotatable bonds is 6. The van der Waals surface area contributed by atoms with Crippen LogP contribution in [0.2, 0.25) is 0 Å². The summed E-state index contributed by atoms with van der Waals surface area (Å²) in [5, 5.41) is 2.24. The minimum Gasteiger partial charge on any atom is -0.493 e. The predicted octanol–water partition coefficient (Wildman–Crippen LogP) is 4.49. The van der Waals surface area contributed by atoms with Gasteiger partial charge < -0.3 is 13.9 Å². The topological polar surface area (TPSA) is 83.6 Å². The van der Waals surface area contributed by atoms with E-state index in [-0.39, 0.29) is 16.5 Å². The van der Waals surface area contributed by atoms with Crippen molar-refractivity contribution in [3.63, 3.8) is 0 Å². The zero-order valence-corrected chi connectivity index (χ0v) is 18.8. The lowest BCUT2D eigenvalue weighted by molar-refractivity contribution is 0.354. The number of nitrogens with zero attached hydrogens (tertiary/aromatic N) is 2. The number of thiophene rings is 1. The molecule has 0 fully saturated rings. The highest BCUT2D eigenvalue weighted by Gasteiger charge is 2.19. The van der Waals surface area contributed by atoms with Crippen LogP contribution in [0.25, 0.3) is 32.8 Å². The summed E-state index contributed by atoms with van der Waals surface area (Å²) in [4.78, 5) is 32.2. The van der Waals surface area contributed by atoms with Crippen LogP contribution in [0.1, 0.15) is 5.56 Å². The van der Waals surface area contributed by atoms with Gasteiger partial charge in [-0.3, -0.25) is 14.2 Å². The molecule has 33 heavy (non-hydrogen) atoms. The Kier molecular flexibility index (Phi) is 5.43. The van der Waals surface area contributed by atoms with Gasteiger partial charge in [-0.2, -0.15) is 4.98 Å². The van der Waals surface area contributed by atoms with Crippen molar-refractivity contribution in [1.82, 2.24) is 9.55 Å². The molecule has 0 bridgehead atoms. The van der Waals surface area contributed by atoms with Gasteiger partial charge in [-0.25, -0.2) is 0 Å². The van der Waals surface area contributed by atoms with Crippen LogP contribution in [0.15, 0.2) is 74.0 Å². The Balaban J connectivity index is 1.67. The van der Waals surface area contributed by atoms with Gasteiger partial charge >= 0.3 is 0 Å². The van der Waals surface area contributed by atoms with E-state index in [1.807, 2.05) is 35.7 Å². The summed E-state index contributed by atoms with van der Waals surface area (Å²) < 4.78 is 18.1. The summed E-state index contributed by atoms with van der Waals surface area (Å²) in [5.74, 6) is 1.72. The largest absolute Gasteiger partial charge is 0.493 e. The zero-order chi connectivity index (χ0) is 22.9. The van der Waals surface area contributed by atoms with Crippen LogP contribution in [0.4, 0.5) is 0 Å². The Morgan fingerprint density at radius 2 is 1.82 bits per heavy atom. The summed E-state index contributed by atoms with van der Waals surface area (Å²) in [5.41, 5.74) is 0.629. The van der Waals surface area contributed by atoms with Crippen LogP contribution in [0.3, 0.4) is 0 Å². The highest BCUT2D eigenvalue weighted by atomic mass is 32.1. The van der Waals surface area contributed by atoms with Gasteiger partial charge in [0.05, 0.1) is 24.5 Å². The zero-order valence-electron chi connectivity index (χ0n) is 18.0. The molecular weight excluding hydrogens is 440 g/mol. The number of hydrogen-bond acceptors (Lipinski definition) is 7. The molecule has 0 unspecified atom stereocenters. The molecule has 0 radical (unpaired) electrons. The fourth-order valence-electron chi connectivity index (χ4n) is 3.86. The molecule has 0 aliphatic rings. The van der Waals surface area contributed by atoms with Gasteiger partial charge in [0, 0.05) is 6.54 Å². The molecule has 0 saturated carbocycles. The number of ether oxygens (including phenoxy) is 2. The molecule has 5 aromatic rings. The van der Waals surface area contributed by atoms with Gasteiger partial charge in [-0.05, 0) is 47.7 Å². The third-order valence-electron chi connectivity index (χ3n) is 5.51. The molecule has 3 heterocycles. The van der Waals surface area contributed by atoms with Crippen LogP contribution < -0.4 is 20.5 Å². The Morgan fingerprint density at radius 3 is 2.58 bits per heavy atom. The van der Waals surface area contributed by atoms with Gasteiger partial charge in [-0.1, -0.05) is 24.3 Å². The second kappa shape index (κ2) is 8.55. The lowest BCUT2D eigenvalue weighted by Gasteiger charge is -2.13. The molecule has 7 nitrogen and oxygen atoms in total. The monoisotopic (exact) mass is 460 g/mol. The van der Waals surface area contributed by atoms with E-state index < -0.39 is 5.56 Å². The SMILES string of the molecule is COc1ccc(CCn2c(-c3cccs3)nc3oc4ccccc4c(=O)c3c2=O)cc1OC. The molecule has 166 valence electrons. The minimum atomic E-state index is -0.414. The van der Waals surface area contributed by atoms with Crippen LogP contribution in [-0.2, 0) is 13.0 Å². The lowest BCUT2D eigenvalue weighted by Crippen LogP contribution is -2.28. The lowest BCUT2D eigenvalue weighted by atomic mass is 10.1. The first kappa shape index (κ1) is 21.0. The van der Waals surface area contributed by atoms with E-state index in [0.29, 0.717) is 41.3 Å². The third kappa shape index (κ3) is 3.68. The molecule has 0 spiro atoms. The number of hydrogen-bond donors (Lipinski definition) is 0. The second-order valence-corrected chi connectivity index (χ2v) is 8.36. The Hall–Kier alpha value is -3.91. The van der Waals surface area contributed by atoms with Gasteiger partial charge in [0.25, 0.3) is 5.56 Å². The third-order valence-corrected chi connectivity index (χ3v) is 6.38. The molecule has 3 aromatic heterocycles. The number of fused-ring (bicyclic) bond motifs is 2. The number of aryl methyl sites for hydroxylation is 1. The molecule has 0 atom stereocenters. The first-order valence-corrected chi connectivity index (χ1v) is 11.2. The number of para-hydroxylation sites is 1. The fraction of sp³-hybridized carbons (Fsp3) is 0.160. The van der Waals surface area contributed by atoms with Crippen molar-refractivity contribution in [2.24, 2.45) is 0 Å². The second-order valence-electron chi connectivity index (χ2n) is 7.42. The first-order valence-electron chi connectivity index (χ1n) is 10.3. The minimum absolute atomic E-state index is 0.0404. The first-order chi connectivity index (χ1) is 16.1. The summed E-state index contributed by atoms with van der Waals surface area (Å²) in [6, 6.07) is 16.3. The van der Waals surface area contributed by atoms with Crippen LogP contribution >= 0.6 is 11.3 Å². The van der Waals surface area contributed by atoms with Gasteiger partial charge in [-0.15, -0.1) is 11.3 Å². The smallest absolute Gasteiger partial charge is 0.269 e. The molecule has 5 rings (SSSR count). The molecule has 8 heteroatoms. The highest BCUT2D eigenvalue weighted by molar-refractivity contribution is 7.13. The van der Waals surface area contributed by atoms with Crippen molar-refractivity contribution in [2.75, 3.05) is 14.2 Å². The van der Waals surface area contributed by atoms with Crippen molar-refractivity contribution < 1.29 is 13.9 Å². The maximum absolute atomic E-state index is 13.6. The average Bonchev–Trinajstić information content (AvgIpc) is 3.38. The molecule has 0 N–H and O–H groups in total. The maximum atomic E-state index is 13.6. The van der Waals surface area contributed by atoms with Crippen molar-refractivity contribution in [3.8, 4) is 22.2 Å². The maximum Gasteiger partial charge on any atom is 0.269 e. The van der Waals surface area contributed by atoms with E-state index >= 15 is 0 Å². The van der Waals surface area contributed by atoms with E-state index in [9.17, 15) is 9.59 Å². The molecule has 0 saturated heterocycles. The van der Waals surface area contributed by atoms with E-state index in [0.717, 1.165) is 10.4 Å². The van der Waals surface area contributed by atoms with Gasteiger partial charge in [0.15, 0.2) is 22.7 Å². The van der Waals surface area contributed by atoms with E-state index in [1.165, 1.54) is 11.3 Å². The van der Waals surface area contributed by atoms with Crippen molar-refractivity contribution >= 4 is 33.4 Å². The summed E-state index contributed by atoms with van der Waals surface area (Å²) >= 11 is 1.47. The predicted molar refractivity (Wildman–Crippen MR) is 129 cm³/mol. The number of benzene rings is 2. The Morgan fingerprint density at radius 1 is 1.00 bits per heavy atom. The fourth-order valence-corrected chi connectivity index (χ4v) is 4.59. The van der Waals surface area contributed by atoms with E-state index in [1.54, 1.807) is 43.1 Å². The Bertz CT molecular complexity index is 1590. The molecule has 2 aromatic carbocycles. The highest BCUT2D eigenvalue weighted by Crippen LogP contribution is 2.28. The van der Waals surface area contributed by atoms with Crippen LogP contribution in [-0.4, -0.2) is 23.8 Å². The van der Waals surface area contributed by atoms with Gasteiger partial charge in [0.2, 0.25) is 11.1 Å². The Labute approximate surface area is 192 Å². The van der Waals surface area contributed by atoms with Crippen LogP contribution in [0, 0.1) is 0 Å². The molecular formula is C25H20N2O5S. The standard InChI is InChI=1S/C25H20N2O5S/c1-30-18-10-9-15(14-19(18)31-2)11-12-27-23(20-8-5-13-33-20)26-24-21(25(27)29)22(28)16-6-3-4-7-17(16)32-24/h3-10,13-14H,11-12H2,1-2H3. The average molecular weight is 461 g/mol. The van der Waals surface area contributed by atoms with Crippen molar-refractivity contribution in [1.29, 1.82) is 0 Å². The number of methoxy groups -OCH3 is 2. The van der Waals surface area contributed by atoms with Gasteiger partial charge in [0.1, 0.15) is 5.58 Å². The molecule has 0 aliphatic carbocycles. The molecule has 0 amide bonds. The van der Waals surface area contributed by atoms with E-state index in [4.69, 9.17) is 13.9 Å². The molecule has 0 aliphatic heterocycles. The van der Waals surface area contributed by atoms with E-state index in [2.05, 4.69) is 4.98 Å². The van der Waals surface area contributed by atoms with Crippen molar-refractivity contribution in [2.45, 2.75) is 13.0 Å². The normalized spacial score (nSPS) is 11.2. The summed E-state index contributed by atoms with van der Waals surface area (Å²) in [6.07, 6.45) is 0.532.